The van der Waals surface area contributed by atoms with E-state index in [1.165, 1.54) is 17.7 Å². The first-order valence-corrected chi connectivity index (χ1v) is 8.15. The quantitative estimate of drug-likeness (QED) is 0.600. The number of hydrogen-bond donors (Lipinski definition) is 2. The Bertz CT molecular complexity index is 449. The first kappa shape index (κ1) is 18.3. The summed E-state index contributed by atoms with van der Waals surface area (Å²) in [6.45, 7) is 7.51. The Labute approximate surface area is 136 Å². The molecule has 0 amide bonds. The maximum absolute atomic E-state index is 4.30. The summed E-state index contributed by atoms with van der Waals surface area (Å²) in [5, 5.41) is 6.83. The van der Waals surface area contributed by atoms with Crippen LogP contribution in [0.3, 0.4) is 0 Å². The highest BCUT2D eigenvalue weighted by Gasteiger charge is 2.06. The number of benzene rings is 1. The van der Waals surface area contributed by atoms with Crippen molar-refractivity contribution < 1.29 is 0 Å². The maximum atomic E-state index is 4.30. The van der Waals surface area contributed by atoms with Crippen LogP contribution in [0.25, 0.3) is 0 Å². The van der Waals surface area contributed by atoms with Gasteiger partial charge in [-0.1, -0.05) is 26.0 Å². The van der Waals surface area contributed by atoms with Crippen molar-refractivity contribution in [3.05, 3.63) is 29.8 Å². The normalized spacial score (nSPS) is 13.1. The molecule has 4 heteroatoms. The van der Waals surface area contributed by atoms with Crippen molar-refractivity contribution in [2.45, 2.75) is 46.2 Å². The number of anilines is 1. The third-order valence-electron chi connectivity index (χ3n) is 3.70. The molecule has 22 heavy (non-hydrogen) atoms. The van der Waals surface area contributed by atoms with Gasteiger partial charge >= 0.3 is 0 Å². The van der Waals surface area contributed by atoms with Gasteiger partial charge in [0, 0.05) is 39.4 Å². The standard InChI is InChI=1S/C18H32N4/c1-14(2)7-8-15(3)21-18(19-4)20-13-16-9-11-17(12-10-16)22(5)6/h9-12,14-15H,7-8,13H2,1-6H3,(H2,19,20,21). The van der Waals surface area contributed by atoms with Gasteiger partial charge < -0.3 is 15.5 Å². The Hall–Kier alpha value is -1.71. The van der Waals surface area contributed by atoms with Gasteiger partial charge in [-0.25, -0.2) is 0 Å². The van der Waals surface area contributed by atoms with Gasteiger partial charge in [0.2, 0.25) is 0 Å². The number of nitrogens with zero attached hydrogens (tertiary/aromatic N) is 2. The molecule has 124 valence electrons. The third-order valence-corrected chi connectivity index (χ3v) is 3.70. The molecule has 4 nitrogen and oxygen atoms in total. The van der Waals surface area contributed by atoms with Crippen molar-refractivity contribution in [1.82, 2.24) is 10.6 Å². The number of aliphatic imine (C=N–C) groups is 1. The van der Waals surface area contributed by atoms with Crippen LogP contribution in [0.5, 0.6) is 0 Å². The molecule has 0 aliphatic carbocycles. The van der Waals surface area contributed by atoms with Crippen molar-refractivity contribution in [3.8, 4) is 0 Å². The molecule has 0 aromatic heterocycles. The van der Waals surface area contributed by atoms with Crippen LogP contribution in [0, 0.1) is 5.92 Å². The molecular formula is C18H32N4. The Kier molecular flexibility index (Phi) is 7.78. The molecular weight excluding hydrogens is 272 g/mol. The molecule has 0 radical (unpaired) electrons. The summed E-state index contributed by atoms with van der Waals surface area (Å²) in [6, 6.07) is 9.01. The van der Waals surface area contributed by atoms with Crippen molar-refractivity contribution in [1.29, 1.82) is 0 Å². The van der Waals surface area contributed by atoms with E-state index in [1.807, 2.05) is 7.05 Å². The van der Waals surface area contributed by atoms with E-state index in [4.69, 9.17) is 0 Å². The first-order valence-electron chi connectivity index (χ1n) is 8.15. The van der Waals surface area contributed by atoms with E-state index >= 15 is 0 Å². The predicted octanol–water partition coefficient (Wildman–Crippen LogP) is 3.24. The minimum absolute atomic E-state index is 0.435. The number of hydrogen-bond acceptors (Lipinski definition) is 2. The molecule has 1 rings (SSSR count). The molecule has 0 aliphatic heterocycles. The fraction of sp³-hybridized carbons (Fsp3) is 0.611. The maximum Gasteiger partial charge on any atom is 0.191 e. The van der Waals surface area contributed by atoms with Crippen LogP contribution in [0.4, 0.5) is 5.69 Å². The Balaban J connectivity index is 2.43. The van der Waals surface area contributed by atoms with Crippen LogP contribution in [-0.2, 0) is 6.54 Å². The number of nitrogens with one attached hydrogen (secondary N) is 2. The fourth-order valence-electron chi connectivity index (χ4n) is 2.18. The van der Waals surface area contributed by atoms with E-state index in [-0.39, 0.29) is 0 Å². The summed E-state index contributed by atoms with van der Waals surface area (Å²) in [5.41, 5.74) is 2.47. The van der Waals surface area contributed by atoms with Crippen LogP contribution >= 0.6 is 0 Å². The first-order chi connectivity index (χ1) is 10.4. The molecule has 0 spiro atoms. The summed E-state index contributed by atoms with van der Waals surface area (Å²) in [6.07, 6.45) is 2.40. The van der Waals surface area contributed by atoms with Gasteiger partial charge in [0.15, 0.2) is 5.96 Å². The Morgan fingerprint density at radius 3 is 2.23 bits per heavy atom. The van der Waals surface area contributed by atoms with Gasteiger partial charge in [0.05, 0.1) is 0 Å². The summed E-state index contributed by atoms with van der Waals surface area (Å²) in [7, 11) is 5.93. The molecule has 2 N–H and O–H groups in total. The molecule has 1 aromatic rings. The summed E-state index contributed by atoms with van der Waals surface area (Å²) in [4.78, 5) is 6.41. The lowest BCUT2D eigenvalue weighted by Gasteiger charge is -2.19. The van der Waals surface area contributed by atoms with Crippen molar-refractivity contribution in [3.63, 3.8) is 0 Å². The van der Waals surface area contributed by atoms with Crippen LogP contribution in [-0.4, -0.2) is 33.1 Å². The SMILES string of the molecule is CN=C(NCc1ccc(N(C)C)cc1)NC(C)CCC(C)C. The lowest BCUT2D eigenvalue weighted by Crippen LogP contribution is -2.41. The van der Waals surface area contributed by atoms with Gasteiger partial charge in [-0.05, 0) is 43.4 Å². The molecule has 0 fully saturated rings. The Morgan fingerprint density at radius 2 is 1.73 bits per heavy atom. The minimum atomic E-state index is 0.435. The lowest BCUT2D eigenvalue weighted by atomic mass is 10.0. The molecule has 1 atom stereocenters. The highest BCUT2D eigenvalue weighted by molar-refractivity contribution is 5.79. The van der Waals surface area contributed by atoms with E-state index in [0.29, 0.717) is 6.04 Å². The Morgan fingerprint density at radius 1 is 1.09 bits per heavy atom. The van der Waals surface area contributed by atoms with E-state index in [2.05, 4.69) is 79.7 Å². The zero-order valence-corrected chi connectivity index (χ0v) is 15.0. The average molecular weight is 304 g/mol. The topological polar surface area (TPSA) is 39.7 Å². The van der Waals surface area contributed by atoms with Crippen molar-refractivity contribution in [2.24, 2.45) is 10.9 Å². The van der Waals surface area contributed by atoms with E-state index < -0.39 is 0 Å². The lowest BCUT2D eigenvalue weighted by molar-refractivity contribution is 0.489. The summed E-state index contributed by atoms with van der Waals surface area (Å²) < 4.78 is 0. The van der Waals surface area contributed by atoms with Gasteiger partial charge in [-0.2, -0.15) is 0 Å². The molecule has 0 bridgehead atoms. The van der Waals surface area contributed by atoms with Crippen molar-refractivity contribution in [2.75, 3.05) is 26.0 Å². The number of guanidine groups is 1. The smallest absolute Gasteiger partial charge is 0.191 e. The molecule has 0 heterocycles. The van der Waals surface area contributed by atoms with Crippen LogP contribution in [0.1, 0.15) is 39.2 Å². The second kappa shape index (κ2) is 9.34. The van der Waals surface area contributed by atoms with E-state index in [9.17, 15) is 0 Å². The average Bonchev–Trinajstić information content (AvgIpc) is 2.49. The van der Waals surface area contributed by atoms with Gasteiger partial charge in [0.25, 0.3) is 0 Å². The van der Waals surface area contributed by atoms with Gasteiger partial charge in [-0.15, -0.1) is 0 Å². The number of rotatable bonds is 7. The molecule has 0 saturated carbocycles. The molecule has 1 aromatic carbocycles. The minimum Gasteiger partial charge on any atom is -0.378 e. The highest BCUT2D eigenvalue weighted by Crippen LogP contribution is 2.12. The molecule has 0 aliphatic rings. The third kappa shape index (κ3) is 6.83. The van der Waals surface area contributed by atoms with Crippen molar-refractivity contribution >= 4 is 11.6 Å². The second-order valence-corrected chi connectivity index (χ2v) is 6.50. The van der Waals surface area contributed by atoms with Crippen LogP contribution in [0.15, 0.2) is 29.3 Å². The summed E-state index contributed by atoms with van der Waals surface area (Å²) in [5.74, 6) is 1.61. The largest absolute Gasteiger partial charge is 0.378 e. The zero-order chi connectivity index (χ0) is 16.5. The van der Waals surface area contributed by atoms with Crippen LogP contribution < -0.4 is 15.5 Å². The van der Waals surface area contributed by atoms with E-state index in [1.54, 1.807) is 0 Å². The highest BCUT2D eigenvalue weighted by atomic mass is 15.2. The van der Waals surface area contributed by atoms with Crippen LogP contribution in [0.2, 0.25) is 0 Å². The van der Waals surface area contributed by atoms with Gasteiger partial charge in [0.1, 0.15) is 0 Å². The van der Waals surface area contributed by atoms with Gasteiger partial charge in [-0.3, -0.25) is 4.99 Å². The van der Waals surface area contributed by atoms with E-state index in [0.717, 1.165) is 24.8 Å². The fourth-order valence-corrected chi connectivity index (χ4v) is 2.18. The predicted molar refractivity (Wildman–Crippen MR) is 97.6 cm³/mol. The molecule has 0 saturated heterocycles. The molecule has 1 unspecified atom stereocenters. The zero-order valence-electron chi connectivity index (χ0n) is 15.0. The monoisotopic (exact) mass is 304 g/mol. The second-order valence-electron chi connectivity index (χ2n) is 6.50. The summed E-state index contributed by atoms with van der Waals surface area (Å²) >= 11 is 0.